The lowest BCUT2D eigenvalue weighted by Crippen LogP contribution is -2.32. The molecule has 0 unspecified atom stereocenters. The van der Waals surface area contributed by atoms with E-state index < -0.39 is 0 Å². The van der Waals surface area contributed by atoms with E-state index in [2.05, 4.69) is 37.8 Å². The Labute approximate surface area is 123 Å². The van der Waals surface area contributed by atoms with Crippen molar-refractivity contribution in [3.8, 4) is 0 Å². The van der Waals surface area contributed by atoms with Crippen LogP contribution in [0.4, 0.5) is 10.6 Å². The largest absolute Gasteiger partial charge is 0.328 e. The fourth-order valence-electron chi connectivity index (χ4n) is 1.89. The summed E-state index contributed by atoms with van der Waals surface area (Å²) in [6, 6.07) is 1.20. The molecule has 0 spiro atoms. The number of urea groups is 1. The zero-order chi connectivity index (χ0) is 15.2. The summed E-state index contributed by atoms with van der Waals surface area (Å²) in [5.74, 6) is 1.96. The lowest BCUT2D eigenvalue weighted by molar-refractivity contribution is 0.248. The van der Waals surface area contributed by atoms with Crippen LogP contribution in [0.2, 0.25) is 0 Å². The number of H-pyrrole nitrogens is 1. The Kier molecular flexibility index (Phi) is 4.91. The number of carbonyl (C=O) groups is 1. The van der Waals surface area contributed by atoms with Crippen molar-refractivity contribution >= 4 is 11.8 Å². The van der Waals surface area contributed by atoms with Gasteiger partial charge in [-0.25, -0.2) is 14.5 Å². The summed E-state index contributed by atoms with van der Waals surface area (Å²) < 4.78 is 1.78. The average Bonchev–Trinajstić information content (AvgIpc) is 3.05. The molecule has 0 bridgehead atoms. The molecule has 0 aliphatic carbocycles. The molecule has 0 aromatic carbocycles. The summed E-state index contributed by atoms with van der Waals surface area (Å²) in [4.78, 5) is 16.2. The number of aromatic nitrogens is 5. The van der Waals surface area contributed by atoms with E-state index >= 15 is 0 Å². The molecule has 8 nitrogen and oxygen atoms in total. The van der Waals surface area contributed by atoms with Gasteiger partial charge in [-0.1, -0.05) is 13.3 Å². The van der Waals surface area contributed by atoms with Gasteiger partial charge in [0.05, 0.1) is 12.2 Å². The zero-order valence-corrected chi connectivity index (χ0v) is 12.6. The highest BCUT2D eigenvalue weighted by atomic mass is 16.2. The molecule has 114 valence electrons. The van der Waals surface area contributed by atoms with Crippen LogP contribution in [-0.4, -0.2) is 31.0 Å². The van der Waals surface area contributed by atoms with E-state index in [1.54, 1.807) is 16.9 Å². The second kappa shape index (κ2) is 6.87. The highest BCUT2D eigenvalue weighted by Crippen LogP contribution is 2.10. The summed E-state index contributed by atoms with van der Waals surface area (Å²) in [6.45, 7) is 6.55. The van der Waals surface area contributed by atoms with Crippen LogP contribution in [0.5, 0.6) is 0 Å². The molecule has 2 rings (SSSR count). The molecule has 1 atom stereocenters. The monoisotopic (exact) mass is 291 g/mol. The highest BCUT2D eigenvalue weighted by molar-refractivity contribution is 5.88. The van der Waals surface area contributed by atoms with E-state index in [9.17, 15) is 4.79 Å². The van der Waals surface area contributed by atoms with Gasteiger partial charge in [-0.15, -0.1) is 0 Å². The Morgan fingerprint density at radius 3 is 3.00 bits per heavy atom. The van der Waals surface area contributed by atoms with Crippen LogP contribution >= 0.6 is 0 Å². The van der Waals surface area contributed by atoms with Gasteiger partial charge in [0.1, 0.15) is 11.6 Å². The zero-order valence-electron chi connectivity index (χ0n) is 12.6. The minimum Gasteiger partial charge on any atom is -0.328 e. The Bertz CT molecular complexity index is 589. The maximum absolute atomic E-state index is 12.0. The van der Waals surface area contributed by atoms with Crippen molar-refractivity contribution in [1.82, 2.24) is 30.3 Å². The van der Waals surface area contributed by atoms with Gasteiger partial charge in [0.15, 0.2) is 5.82 Å². The minimum absolute atomic E-state index is 0.276. The van der Waals surface area contributed by atoms with Crippen LogP contribution in [0.25, 0.3) is 0 Å². The number of nitrogens with one attached hydrogen (secondary N) is 3. The Hall–Kier alpha value is -2.38. The van der Waals surface area contributed by atoms with Crippen molar-refractivity contribution in [2.75, 3.05) is 5.32 Å². The quantitative estimate of drug-likeness (QED) is 0.757. The van der Waals surface area contributed by atoms with Crippen molar-refractivity contribution in [3.63, 3.8) is 0 Å². The van der Waals surface area contributed by atoms with E-state index in [0.29, 0.717) is 11.6 Å². The Morgan fingerprint density at radius 2 is 2.33 bits per heavy atom. The number of nitrogens with zero attached hydrogens (tertiary/aromatic N) is 4. The first-order valence-electron chi connectivity index (χ1n) is 7.08. The second-order valence-corrected chi connectivity index (χ2v) is 4.89. The van der Waals surface area contributed by atoms with E-state index in [4.69, 9.17) is 0 Å². The summed E-state index contributed by atoms with van der Waals surface area (Å²) >= 11 is 0. The maximum Gasteiger partial charge on any atom is 0.320 e. The Balaban J connectivity index is 1.91. The molecule has 2 aromatic heterocycles. The summed E-state index contributed by atoms with van der Waals surface area (Å²) in [6.07, 6.45) is 3.77. The smallest absolute Gasteiger partial charge is 0.320 e. The van der Waals surface area contributed by atoms with Gasteiger partial charge in [-0.2, -0.15) is 10.2 Å². The molecule has 0 aliphatic heterocycles. The summed E-state index contributed by atoms with van der Waals surface area (Å²) in [7, 11) is 0. The molecule has 0 fully saturated rings. The van der Waals surface area contributed by atoms with Crippen molar-refractivity contribution in [3.05, 3.63) is 23.9 Å². The topological polar surface area (TPSA) is 101 Å². The predicted molar refractivity (Wildman–Crippen MR) is 78.8 cm³/mol. The molecule has 2 heterocycles. The lowest BCUT2D eigenvalue weighted by Gasteiger charge is -2.12. The lowest BCUT2D eigenvalue weighted by atomic mass is 10.3. The third-order valence-corrected chi connectivity index (χ3v) is 3.03. The van der Waals surface area contributed by atoms with Crippen molar-refractivity contribution < 1.29 is 4.79 Å². The molecule has 8 heteroatoms. The fraction of sp³-hybridized carbons (Fsp3) is 0.538. The van der Waals surface area contributed by atoms with Gasteiger partial charge in [0, 0.05) is 12.6 Å². The number of carbonyl (C=O) groups excluding carboxylic acids is 1. The molecule has 21 heavy (non-hydrogen) atoms. The third-order valence-electron chi connectivity index (χ3n) is 3.03. The van der Waals surface area contributed by atoms with Crippen LogP contribution in [0.1, 0.15) is 44.4 Å². The van der Waals surface area contributed by atoms with Gasteiger partial charge in [0.25, 0.3) is 0 Å². The molecule has 2 aromatic rings. The van der Waals surface area contributed by atoms with E-state index in [1.807, 2.05) is 13.8 Å². The average molecular weight is 291 g/mol. The van der Waals surface area contributed by atoms with Crippen molar-refractivity contribution in [2.45, 2.75) is 46.2 Å². The van der Waals surface area contributed by atoms with E-state index in [-0.39, 0.29) is 12.1 Å². The number of unbranched alkanes of at least 4 members (excludes halogenated alkanes) is 1. The summed E-state index contributed by atoms with van der Waals surface area (Å²) in [5.41, 5.74) is 0. The SMILES string of the molecule is CCCCn1nccc1NC(=O)N[C@H](C)c1n[nH]c(C)n1. The molecule has 3 N–H and O–H groups in total. The van der Waals surface area contributed by atoms with Gasteiger partial charge in [0.2, 0.25) is 0 Å². The van der Waals surface area contributed by atoms with E-state index in [1.165, 1.54) is 0 Å². The Morgan fingerprint density at radius 1 is 1.52 bits per heavy atom. The molecule has 0 aliphatic rings. The maximum atomic E-state index is 12.0. The first-order valence-corrected chi connectivity index (χ1v) is 7.08. The molecular weight excluding hydrogens is 270 g/mol. The van der Waals surface area contributed by atoms with Crippen molar-refractivity contribution in [1.29, 1.82) is 0 Å². The molecule has 0 saturated carbocycles. The standard InChI is InChI=1S/C13H21N7O/c1-4-5-8-20-11(6-7-14-20)17-13(21)15-9(2)12-16-10(3)18-19-12/h6-7,9H,4-5,8H2,1-3H3,(H2,15,17,21)(H,16,18,19)/t9-/m1/s1. The van der Waals surface area contributed by atoms with Crippen LogP contribution in [0.3, 0.4) is 0 Å². The number of rotatable bonds is 6. The van der Waals surface area contributed by atoms with Crippen LogP contribution in [0, 0.1) is 6.92 Å². The minimum atomic E-state index is -0.303. The first-order chi connectivity index (χ1) is 10.1. The van der Waals surface area contributed by atoms with Crippen molar-refractivity contribution in [2.24, 2.45) is 0 Å². The molecule has 2 amide bonds. The fourth-order valence-corrected chi connectivity index (χ4v) is 1.89. The third kappa shape index (κ3) is 4.04. The number of hydrogen-bond donors (Lipinski definition) is 3. The van der Waals surface area contributed by atoms with Crippen LogP contribution in [-0.2, 0) is 6.54 Å². The normalized spacial score (nSPS) is 12.1. The highest BCUT2D eigenvalue weighted by Gasteiger charge is 2.14. The van der Waals surface area contributed by atoms with Gasteiger partial charge in [-0.05, 0) is 20.3 Å². The van der Waals surface area contributed by atoms with Crippen LogP contribution < -0.4 is 10.6 Å². The number of anilines is 1. The number of amides is 2. The second-order valence-electron chi connectivity index (χ2n) is 4.89. The first kappa shape index (κ1) is 15.0. The number of aryl methyl sites for hydroxylation is 2. The van der Waals surface area contributed by atoms with Gasteiger partial charge < -0.3 is 5.32 Å². The summed E-state index contributed by atoms with van der Waals surface area (Å²) in [5, 5.41) is 16.6. The van der Waals surface area contributed by atoms with E-state index in [0.717, 1.165) is 25.2 Å². The number of aromatic amines is 1. The predicted octanol–water partition coefficient (Wildman–Crippen LogP) is 1.99. The van der Waals surface area contributed by atoms with Gasteiger partial charge in [-0.3, -0.25) is 10.4 Å². The molecule has 0 saturated heterocycles. The van der Waals surface area contributed by atoms with Gasteiger partial charge >= 0.3 is 6.03 Å². The van der Waals surface area contributed by atoms with Crippen LogP contribution in [0.15, 0.2) is 12.3 Å². The number of hydrogen-bond acceptors (Lipinski definition) is 4. The molecular formula is C13H21N7O. The molecule has 0 radical (unpaired) electrons.